The summed E-state index contributed by atoms with van der Waals surface area (Å²) in [5, 5.41) is 0. The van der Waals surface area contributed by atoms with Crippen LogP contribution >= 0.6 is 0 Å². The minimum absolute atomic E-state index is 0.0330. The van der Waals surface area contributed by atoms with E-state index in [1.807, 2.05) is 0 Å². The van der Waals surface area contributed by atoms with Crippen LogP contribution in [0.5, 0.6) is 0 Å². The Bertz CT molecular complexity index is 584. The Balaban J connectivity index is 2.33. The Hall–Kier alpha value is -1.47. The summed E-state index contributed by atoms with van der Waals surface area (Å²) < 4.78 is 43.2. The molecule has 1 aliphatic rings. The summed E-state index contributed by atoms with van der Waals surface area (Å²) in [6, 6.07) is 3.44. The van der Waals surface area contributed by atoms with Gasteiger partial charge in [-0.05, 0) is 37.6 Å². The van der Waals surface area contributed by atoms with Crippen LogP contribution in [0.4, 0.5) is 4.39 Å². The summed E-state index contributed by atoms with van der Waals surface area (Å²) >= 11 is 0. The van der Waals surface area contributed by atoms with Gasteiger partial charge < -0.3 is 4.74 Å². The van der Waals surface area contributed by atoms with Gasteiger partial charge in [0, 0.05) is 6.04 Å². The third-order valence-corrected chi connectivity index (χ3v) is 5.21. The average molecular weight is 287 g/mol. The number of benzene rings is 1. The first-order chi connectivity index (χ1) is 8.87. The van der Waals surface area contributed by atoms with Crippen molar-refractivity contribution in [3.05, 3.63) is 30.1 Å². The number of halogens is 1. The lowest BCUT2D eigenvalue weighted by molar-refractivity contribution is -0.150. The summed E-state index contributed by atoms with van der Waals surface area (Å²) in [6.07, 6.45) is 0.424. The summed E-state index contributed by atoms with van der Waals surface area (Å²) in [6.45, 7) is 1.71. The van der Waals surface area contributed by atoms with Crippen LogP contribution in [0.15, 0.2) is 29.2 Å². The van der Waals surface area contributed by atoms with Gasteiger partial charge in [0.25, 0.3) is 0 Å². The van der Waals surface area contributed by atoms with Crippen molar-refractivity contribution in [1.29, 1.82) is 0 Å². The highest BCUT2D eigenvalue weighted by Gasteiger charge is 2.48. The van der Waals surface area contributed by atoms with Gasteiger partial charge in [0.15, 0.2) is 0 Å². The smallest absolute Gasteiger partial charge is 0.324 e. The number of carbonyl (C=O) groups is 1. The molecule has 0 aliphatic carbocycles. The molecule has 0 aromatic heterocycles. The number of rotatable bonds is 3. The van der Waals surface area contributed by atoms with Crippen molar-refractivity contribution in [3.8, 4) is 0 Å². The van der Waals surface area contributed by atoms with E-state index in [1.54, 1.807) is 6.92 Å². The highest BCUT2D eigenvalue weighted by Crippen LogP contribution is 2.33. The molecule has 1 aromatic carbocycles. The number of nitrogens with zero attached hydrogens (tertiary/aromatic N) is 1. The quantitative estimate of drug-likeness (QED) is 0.782. The van der Waals surface area contributed by atoms with E-state index in [4.69, 9.17) is 0 Å². The van der Waals surface area contributed by atoms with Crippen LogP contribution in [-0.2, 0) is 19.6 Å². The van der Waals surface area contributed by atoms with E-state index in [2.05, 4.69) is 4.74 Å². The van der Waals surface area contributed by atoms with Crippen LogP contribution in [0.3, 0.4) is 0 Å². The molecule has 0 amide bonds. The van der Waals surface area contributed by atoms with Gasteiger partial charge >= 0.3 is 5.97 Å². The zero-order chi connectivity index (χ0) is 14.2. The van der Waals surface area contributed by atoms with E-state index < -0.39 is 27.9 Å². The standard InChI is InChI=1S/C12H14FNO4S/c1-8-7-11(12(15)18-2)14(8)19(16,17)10-5-3-9(13)4-6-10/h3-6,8,11H,7H2,1-2H3/t8-,11+/m1/s1. The molecule has 0 unspecified atom stereocenters. The van der Waals surface area contributed by atoms with Gasteiger partial charge in [0.2, 0.25) is 10.0 Å². The molecular weight excluding hydrogens is 273 g/mol. The van der Waals surface area contributed by atoms with Crippen LogP contribution in [0, 0.1) is 5.82 Å². The Morgan fingerprint density at radius 3 is 2.42 bits per heavy atom. The molecule has 0 N–H and O–H groups in total. The zero-order valence-electron chi connectivity index (χ0n) is 10.5. The van der Waals surface area contributed by atoms with Crippen molar-refractivity contribution in [2.24, 2.45) is 0 Å². The van der Waals surface area contributed by atoms with Gasteiger partial charge in [0.05, 0.1) is 12.0 Å². The Morgan fingerprint density at radius 2 is 1.95 bits per heavy atom. The van der Waals surface area contributed by atoms with Crippen LogP contribution < -0.4 is 0 Å². The van der Waals surface area contributed by atoms with E-state index in [0.717, 1.165) is 16.4 Å². The van der Waals surface area contributed by atoms with Gasteiger partial charge in [0.1, 0.15) is 11.9 Å². The van der Waals surface area contributed by atoms with Crippen LogP contribution in [0.25, 0.3) is 0 Å². The number of methoxy groups -OCH3 is 1. The molecule has 2 rings (SSSR count). The number of hydrogen-bond donors (Lipinski definition) is 0. The molecular formula is C12H14FNO4S. The van der Waals surface area contributed by atoms with E-state index in [0.29, 0.717) is 6.42 Å². The van der Waals surface area contributed by atoms with Crippen molar-refractivity contribution < 1.29 is 22.3 Å². The molecule has 0 saturated carbocycles. The second-order valence-corrected chi connectivity index (χ2v) is 6.26. The van der Waals surface area contributed by atoms with E-state index >= 15 is 0 Å². The van der Waals surface area contributed by atoms with Gasteiger partial charge in [-0.25, -0.2) is 12.8 Å². The molecule has 19 heavy (non-hydrogen) atoms. The van der Waals surface area contributed by atoms with Gasteiger partial charge in [-0.3, -0.25) is 4.79 Å². The van der Waals surface area contributed by atoms with E-state index in [1.165, 1.54) is 19.2 Å². The first-order valence-corrected chi connectivity index (χ1v) is 7.19. The van der Waals surface area contributed by atoms with Gasteiger partial charge in [-0.15, -0.1) is 0 Å². The molecule has 104 valence electrons. The molecule has 0 radical (unpaired) electrons. The van der Waals surface area contributed by atoms with Gasteiger partial charge in [-0.2, -0.15) is 4.31 Å². The fraction of sp³-hybridized carbons (Fsp3) is 0.417. The highest BCUT2D eigenvalue weighted by molar-refractivity contribution is 7.89. The summed E-state index contributed by atoms with van der Waals surface area (Å²) in [7, 11) is -2.59. The fourth-order valence-electron chi connectivity index (χ4n) is 2.17. The normalized spacial score (nSPS) is 23.7. The largest absolute Gasteiger partial charge is 0.468 e. The topological polar surface area (TPSA) is 63.7 Å². The number of hydrogen-bond acceptors (Lipinski definition) is 4. The maximum Gasteiger partial charge on any atom is 0.324 e. The van der Waals surface area contributed by atoms with Gasteiger partial charge in [-0.1, -0.05) is 0 Å². The van der Waals surface area contributed by atoms with Crippen LogP contribution in [0.2, 0.25) is 0 Å². The lowest BCUT2D eigenvalue weighted by Gasteiger charge is -2.43. The second kappa shape index (κ2) is 4.90. The molecule has 1 aromatic rings. The molecule has 1 saturated heterocycles. The molecule has 1 aliphatic heterocycles. The molecule has 7 heteroatoms. The summed E-state index contributed by atoms with van der Waals surface area (Å²) in [5.74, 6) is -1.09. The Morgan fingerprint density at radius 1 is 1.37 bits per heavy atom. The molecule has 2 atom stereocenters. The first-order valence-electron chi connectivity index (χ1n) is 5.75. The van der Waals surface area contributed by atoms with Crippen molar-refractivity contribution in [3.63, 3.8) is 0 Å². The van der Waals surface area contributed by atoms with Crippen molar-refractivity contribution in [2.75, 3.05) is 7.11 Å². The lowest BCUT2D eigenvalue weighted by atomic mass is 9.99. The predicted octanol–water partition coefficient (Wildman–Crippen LogP) is 1.15. The maximum atomic E-state index is 12.8. The minimum atomic E-state index is -3.81. The van der Waals surface area contributed by atoms with Crippen LogP contribution in [-0.4, -0.2) is 37.9 Å². The van der Waals surface area contributed by atoms with Crippen molar-refractivity contribution >= 4 is 16.0 Å². The minimum Gasteiger partial charge on any atom is -0.468 e. The molecule has 1 fully saturated rings. The fourth-order valence-corrected chi connectivity index (χ4v) is 3.96. The molecule has 1 heterocycles. The van der Waals surface area contributed by atoms with E-state index in [9.17, 15) is 17.6 Å². The summed E-state index contributed by atoms with van der Waals surface area (Å²) in [5.41, 5.74) is 0. The van der Waals surface area contributed by atoms with Crippen molar-refractivity contribution in [2.45, 2.75) is 30.3 Å². The first kappa shape index (κ1) is 14.0. The average Bonchev–Trinajstić information content (AvgIpc) is 2.34. The monoisotopic (exact) mass is 287 g/mol. The maximum absolute atomic E-state index is 12.8. The van der Waals surface area contributed by atoms with Crippen LogP contribution in [0.1, 0.15) is 13.3 Å². The SMILES string of the molecule is COC(=O)[C@@H]1C[C@@H](C)N1S(=O)(=O)c1ccc(F)cc1. The predicted molar refractivity (Wildman–Crippen MR) is 65.3 cm³/mol. The number of esters is 1. The molecule has 0 bridgehead atoms. The molecule has 0 spiro atoms. The number of ether oxygens (including phenoxy) is 1. The Labute approximate surface area is 111 Å². The Kier molecular flexibility index (Phi) is 3.60. The molecule has 5 nitrogen and oxygen atoms in total. The van der Waals surface area contributed by atoms with Crippen molar-refractivity contribution in [1.82, 2.24) is 4.31 Å². The number of carbonyl (C=O) groups excluding carboxylic acids is 1. The lowest BCUT2D eigenvalue weighted by Crippen LogP contribution is -2.60. The highest BCUT2D eigenvalue weighted by atomic mass is 32.2. The van der Waals surface area contributed by atoms with E-state index in [-0.39, 0.29) is 10.9 Å². The third-order valence-electron chi connectivity index (χ3n) is 3.17. The number of sulfonamides is 1. The zero-order valence-corrected chi connectivity index (χ0v) is 11.4. The summed E-state index contributed by atoms with van der Waals surface area (Å²) in [4.78, 5) is 11.5. The second-order valence-electron chi connectivity index (χ2n) is 4.41. The third kappa shape index (κ3) is 2.35.